The standard InChI is InChI=1S/C32H30F3N7O4/c1-7-20(44)40-13-18-31(45)39(6)28-22-29(41(18)12-16(40)5)38-32(46)42(27-15(4)10-11-36-25(27)14(2)3)30(22)37-26(24(28)35)21-19(43)9-8-17(33)23(21)34/h7-11,14,16,18,43H,1,12-13H2,2-6H3. The van der Waals surface area contributed by atoms with E-state index in [1.807, 2.05) is 13.8 Å². The molecule has 0 saturated carbocycles. The molecular formula is C32H30F3N7O4. The number of phenols is 1. The van der Waals surface area contributed by atoms with Crippen LogP contribution < -0.4 is 15.5 Å². The molecule has 11 nitrogen and oxygen atoms in total. The maximum atomic E-state index is 16.9. The number of aromatic hydroxyl groups is 1. The van der Waals surface area contributed by atoms with Crippen molar-refractivity contribution in [3.05, 3.63) is 76.2 Å². The topological polar surface area (TPSA) is 125 Å². The Morgan fingerprint density at radius 2 is 1.80 bits per heavy atom. The maximum absolute atomic E-state index is 16.9. The zero-order valence-electron chi connectivity index (χ0n) is 25.7. The van der Waals surface area contributed by atoms with Crippen molar-refractivity contribution in [1.82, 2.24) is 24.4 Å². The molecule has 5 heterocycles. The SMILES string of the molecule is C=CC(=O)N1CC2C(=O)N(C)c3c(F)c(-c4c(O)ccc(F)c4F)nc4c3c(nc(=O)n4-c3c(C)ccnc3C(C)C)N2CC1C. The van der Waals surface area contributed by atoms with Gasteiger partial charge in [0.15, 0.2) is 23.1 Å². The van der Waals surface area contributed by atoms with Crippen LogP contribution >= 0.6 is 0 Å². The third-order valence-electron chi connectivity index (χ3n) is 8.58. The number of rotatable bonds is 4. The zero-order valence-corrected chi connectivity index (χ0v) is 25.7. The van der Waals surface area contributed by atoms with Gasteiger partial charge in [-0.25, -0.2) is 27.5 Å². The number of nitrogens with zero attached hydrogens (tertiary/aromatic N) is 7. The minimum atomic E-state index is -1.58. The van der Waals surface area contributed by atoms with Crippen LogP contribution in [0.15, 0.2) is 41.8 Å². The average Bonchev–Trinajstić information content (AvgIpc) is 3.10. The molecule has 46 heavy (non-hydrogen) atoms. The van der Waals surface area contributed by atoms with Crippen LogP contribution in [-0.2, 0) is 9.59 Å². The molecule has 1 fully saturated rings. The summed E-state index contributed by atoms with van der Waals surface area (Å²) < 4.78 is 47.8. The number of fused-ring (bicyclic) bond motifs is 2. The molecule has 2 atom stereocenters. The highest BCUT2D eigenvalue weighted by molar-refractivity contribution is 6.13. The van der Waals surface area contributed by atoms with Gasteiger partial charge in [0.25, 0.3) is 5.91 Å². The summed E-state index contributed by atoms with van der Waals surface area (Å²) >= 11 is 0. The molecule has 0 bridgehead atoms. The van der Waals surface area contributed by atoms with Crippen LogP contribution in [0.5, 0.6) is 5.75 Å². The van der Waals surface area contributed by atoms with Gasteiger partial charge in [0.05, 0.1) is 34.6 Å². The summed E-state index contributed by atoms with van der Waals surface area (Å²) in [5.41, 5.74) is -1.84. The first-order valence-electron chi connectivity index (χ1n) is 14.5. The van der Waals surface area contributed by atoms with Gasteiger partial charge >= 0.3 is 5.69 Å². The van der Waals surface area contributed by atoms with Gasteiger partial charge < -0.3 is 19.8 Å². The highest BCUT2D eigenvalue weighted by Crippen LogP contribution is 2.45. The van der Waals surface area contributed by atoms with E-state index in [9.17, 15) is 23.9 Å². The molecule has 2 amide bonds. The highest BCUT2D eigenvalue weighted by atomic mass is 19.2. The average molecular weight is 634 g/mol. The van der Waals surface area contributed by atoms with Crippen molar-refractivity contribution in [3.63, 3.8) is 0 Å². The molecular weight excluding hydrogens is 603 g/mol. The van der Waals surface area contributed by atoms with Crippen molar-refractivity contribution >= 4 is 34.4 Å². The molecule has 3 aromatic heterocycles. The lowest BCUT2D eigenvalue weighted by Gasteiger charge is -2.44. The number of carbonyl (C=O) groups excluding carboxylic acids is 2. The molecule has 1 aromatic carbocycles. The fourth-order valence-electron chi connectivity index (χ4n) is 6.31. The number of piperazine rings is 1. The van der Waals surface area contributed by atoms with Gasteiger partial charge in [0.1, 0.15) is 23.3 Å². The van der Waals surface area contributed by atoms with Crippen molar-refractivity contribution in [3.8, 4) is 22.7 Å². The van der Waals surface area contributed by atoms with Gasteiger partial charge in [0, 0.05) is 25.8 Å². The molecule has 6 rings (SSSR count). The Hall–Kier alpha value is -5.27. The molecule has 0 spiro atoms. The van der Waals surface area contributed by atoms with E-state index in [1.165, 1.54) is 11.9 Å². The maximum Gasteiger partial charge on any atom is 0.355 e. The number of carbonyl (C=O) groups is 2. The summed E-state index contributed by atoms with van der Waals surface area (Å²) in [5, 5.41) is 10.6. The number of amides is 2. The van der Waals surface area contributed by atoms with E-state index < -0.39 is 69.7 Å². The Balaban J connectivity index is 1.80. The van der Waals surface area contributed by atoms with Crippen LogP contribution in [0.4, 0.5) is 24.7 Å². The summed E-state index contributed by atoms with van der Waals surface area (Å²) in [4.78, 5) is 58.2. The molecule has 2 aliphatic rings. The number of anilines is 2. The fraction of sp³-hybridized carbons (Fsp3) is 0.312. The number of hydrogen-bond donors (Lipinski definition) is 1. The Kier molecular flexibility index (Phi) is 7.33. The molecule has 0 radical (unpaired) electrons. The predicted octanol–water partition coefficient (Wildman–Crippen LogP) is 3.97. The second kappa shape index (κ2) is 11.0. The van der Waals surface area contributed by atoms with Gasteiger partial charge in [-0.2, -0.15) is 4.98 Å². The monoisotopic (exact) mass is 633 g/mol. The summed E-state index contributed by atoms with van der Waals surface area (Å²) in [6, 6.07) is 1.63. The first-order chi connectivity index (χ1) is 21.8. The van der Waals surface area contributed by atoms with Crippen molar-refractivity contribution in [2.24, 2.45) is 0 Å². The lowest BCUT2D eigenvalue weighted by molar-refractivity contribution is -0.130. The lowest BCUT2D eigenvalue weighted by atomic mass is 10.0. The summed E-state index contributed by atoms with van der Waals surface area (Å²) in [6.45, 7) is 10.7. The normalized spacial score (nSPS) is 17.8. The van der Waals surface area contributed by atoms with Crippen molar-refractivity contribution in [2.75, 3.05) is 29.9 Å². The number of aromatic nitrogens is 4. The molecule has 238 valence electrons. The molecule has 14 heteroatoms. The van der Waals surface area contributed by atoms with Crippen LogP contribution in [-0.4, -0.2) is 73.6 Å². The number of halogens is 3. The summed E-state index contributed by atoms with van der Waals surface area (Å²) in [5.74, 6) is -6.37. The van der Waals surface area contributed by atoms with E-state index in [0.717, 1.165) is 21.6 Å². The van der Waals surface area contributed by atoms with E-state index in [1.54, 1.807) is 31.0 Å². The number of hydrogen-bond acceptors (Lipinski definition) is 8. The van der Waals surface area contributed by atoms with E-state index in [2.05, 4.69) is 21.5 Å². The van der Waals surface area contributed by atoms with Gasteiger partial charge in [0.2, 0.25) is 5.91 Å². The number of phenolic OH excluding ortho intramolecular Hbond substituents is 1. The van der Waals surface area contributed by atoms with Crippen LogP contribution in [0.1, 0.15) is 37.9 Å². The van der Waals surface area contributed by atoms with E-state index in [0.29, 0.717) is 23.0 Å². The fourth-order valence-corrected chi connectivity index (χ4v) is 6.31. The van der Waals surface area contributed by atoms with Gasteiger partial charge in [-0.15, -0.1) is 0 Å². The highest BCUT2D eigenvalue weighted by Gasteiger charge is 2.45. The van der Waals surface area contributed by atoms with E-state index in [-0.39, 0.29) is 35.9 Å². The van der Waals surface area contributed by atoms with Crippen molar-refractivity contribution in [1.29, 1.82) is 0 Å². The molecule has 4 aromatic rings. The largest absolute Gasteiger partial charge is 0.507 e. The van der Waals surface area contributed by atoms with Crippen LogP contribution in [0, 0.1) is 24.4 Å². The second-order valence-electron chi connectivity index (χ2n) is 11.8. The number of aryl methyl sites for hydroxylation is 1. The molecule has 2 aliphatic heterocycles. The van der Waals surface area contributed by atoms with Crippen LogP contribution in [0.2, 0.25) is 0 Å². The molecule has 1 saturated heterocycles. The summed E-state index contributed by atoms with van der Waals surface area (Å²) in [7, 11) is 1.29. The molecule has 1 N–H and O–H groups in total. The Morgan fingerprint density at radius 1 is 1.09 bits per heavy atom. The van der Waals surface area contributed by atoms with Crippen LogP contribution in [0.25, 0.3) is 28.0 Å². The Bertz CT molecular complexity index is 2050. The minimum Gasteiger partial charge on any atom is -0.507 e. The third kappa shape index (κ3) is 4.42. The summed E-state index contributed by atoms with van der Waals surface area (Å²) in [6.07, 6.45) is 2.70. The Labute approximate surface area is 261 Å². The second-order valence-corrected chi connectivity index (χ2v) is 11.8. The molecule has 0 aliphatic carbocycles. The van der Waals surface area contributed by atoms with E-state index >= 15 is 8.78 Å². The minimum absolute atomic E-state index is 0.0423. The van der Waals surface area contributed by atoms with Crippen molar-refractivity contribution in [2.45, 2.75) is 45.7 Å². The van der Waals surface area contributed by atoms with Gasteiger partial charge in [-0.3, -0.25) is 14.6 Å². The third-order valence-corrected chi connectivity index (χ3v) is 8.58. The van der Waals surface area contributed by atoms with Crippen LogP contribution in [0.3, 0.4) is 0 Å². The molecule has 2 unspecified atom stereocenters. The Morgan fingerprint density at radius 3 is 2.48 bits per heavy atom. The number of likely N-dealkylation sites (N-methyl/N-ethyl adjacent to an activating group) is 1. The number of benzene rings is 1. The quantitative estimate of drug-likeness (QED) is 0.335. The first-order valence-corrected chi connectivity index (χ1v) is 14.5. The van der Waals surface area contributed by atoms with Crippen molar-refractivity contribution < 1.29 is 27.9 Å². The first kappa shape index (κ1) is 30.7. The number of pyridine rings is 2. The zero-order chi connectivity index (χ0) is 33.4. The predicted molar refractivity (Wildman–Crippen MR) is 165 cm³/mol. The smallest absolute Gasteiger partial charge is 0.355 e. The van der Waals surface area contributed by atoms with E-state index in [4.69, 9.17) is 0 Å². The van der Waals surface area contributed by atoms with Gasteiger partial charge in [-0.05, 0) is 49.6 Å². The van der Waals surface area contributed by atoms with Gasteiger partial charge in [-0.1, -0.05) is 20.4 Å². The lowest BCUT2D eigenvalue weighted by Crippen LogP contribution is -2.63.